The highest BCUT2D eigenvalue weighted by atomic mass is 16.5. The molecule has 0 spiro atoms. The summed E-state index contributed by atoms with van der Waals surface area (Å²) in [5.74, 6) is 1.66. The summed E-state index contributed by atoms with van der Waals surface area (Å²) >= 11 is 0. The Hall–Kier alpha value is -1.06. The lowest BCUT2D eigenvalue weighted by molar-refractivity contribution is 0.214. The van der Waals surface area contributed by atoms with E-state index in [-0.39, 0.29) is 6.61 Å². The average Bonchev–Trinajstić information content (AvgIpc) is 2.39. The molecule has 2 rings (SSSR count). The summed E-state index contributed by atoms with van der Waals surface area (Å²) < 4.78 is 5.92. The Kier molecular flexibility index (Phi) is 5.02. The third-order valence-corrected chi connectivity index (χ3v) is 3.57. The third kappa shape index (κ3) is 3.72. The minimum Gasteiger partial charge on any atom is -0.493 e. The second-order valence-electron chi connectivity index (χ2n) is 5.08. The van der Waals surface area contributed by atoms with Crippen LogP contribution in [0.2, 0.25) is 0 Å². The van der Waals surface area contributed by atoms with Gasteiger partial charge in [0, 0.05) is 6.61 Å². The summed E-state index contributed by atoms with van der Waals surface area (Å²) in [6.07, 6.45) is 3.14. The number of ether oxygens (including phenoxy) is 1. The molecule has 0 aliphatic carbocycles. The molecule has 0 saturated carbocycles. The molecule has 1 aromatic rings. The fourth-order valence-electron chi connectivity index (χ4n) is 2.41. The van der Waals surface area contributed by atoms with Crippen LogP contribution in [0.25, 0.3) is 0 Å². The number of hydrogen-bond donors (Lipinski definition) is 2. The molecule has 0 aromatic heterocycles. The van der Waals surface area contributed by atoms with Crippen LogP contribution in [-0.2, 0) is 6.42 Å². The summed E-state index contributed by atoms with van der Waals surface area (Å²) in [6, 6.07) is 6.18. The van der Waals surface area contributed by atoms with E-state index in [1.807, 2.05) is 12.1 Å². The lowest BCUT2D eigenvalue weighted by Gasteiger charge is -2.23. The molecule has 1 fully saturated rings. The van der Waals surface area contributed by atoms with Crippen LogP contribution >= 0.6 is 0 Å². The van der Waals surface area contributed by atoms with Crippen LogP contribution in [0, 0.1) is 12.8 Å². The van der Waals surface area contributed by atoms with Gasteiger partial charge in [-0.3, -0.25) is 0 Å². The lowest BCUT2D eigenvalue weighted by atomic mass is 9.99. The molecular formula is C15H23NO2. The SMILES string of the molecule is Cc1cc(CCO)ccc1OCC1CCNCC1. The first-order valence-corrected chi connectivity index (χ1v) is 6.83. The van der Waals surface area contributed by atoms with Crippen LogP contribution in [0.1, 0.15) is 24.0 Å². The Morgan fingerprint density at radius 1 is 1.33 bits per heavy atom. The Bertz CT molecular complexity index is 373. The monoisotopic (exact) mass is 249 g/mol. The average molecular weight is 249 g/mol. The molecule has 100 valence electrons. The van der Waals surface area contributed by atoms with Crippen molar-refractivity contribution in [3.05, 3.63) is 29.3 Å². The van der Waals surface area contributed by atoms with Gasteiger partial charge in [0.15, 0.2) is 0 Å². The maximum atomic E-state index is 8.92. The smallest absolute Gasteiger partial charge is 0.122 e. The lowest BCUT2D eigenvalue weighted by Crippen LogP contribution is -2.30. The summed E-state index contributed by atoms with van der Waals surface area (Å²) in [7, 11) is 0. The second kappa shape index (κ2) is 6.76. The molecule has 1 aliphatic heterocycles. The Morgan fingerprint density at radius 2 is 2.11 bits per heavy atom. The highest BCUT2D eigenvalue weighted by Crippen LogP contribution is 2.21. The topological polar surface area (TPSA) is 41.5 Å². The van der Waals surface area contributed by atoms with Gasteiger partial charge in [0.25, 0.3) is 0 Å². The van der Waals surface area contributed by atoms with Gasteiger partial charge in [0.1, 0.15) is 5.75 Å². The summed E-state index contributed by atoms with van der Waals surface area (Å²) in [5.41, 5.74) is 2.33. The molecule has 3 nitrogen and oxygen atoms in total. The van der Waals surface area contributed by atoms with Crippen molar-refractivity contribution in [2.24, 2.45) is 5.92 Å². The molecular weight excluding hydrogens is 226 g/mol. The number of rotatable bonds is 5. The van der Waals surface area contributed by atoms with Crippen molar-refractivity contribution in [3.8, 4) is 5.75 Å². The maximum absolute atomic E-state index is 8.92. The van der Waals surface area contributed by atoms with Crippen molar-refractivity contribution in [1.82, 2.24) is 5.32 Å². The zero-order valence-corrected chi connectivity index (χ0v) is 11.1. The Labute approximate surface area is 109 Å². The first-order valence-electron chi connectivity index (χ1n) is 6.83. The zero-order valence-electron chi connectivity index (χ0n) is 11.1. The van der Waals surface area contributed by atoms with Gasteiger partial charge >= 0.3 is 0 Å². The predicted octanol–water partition coefficient (Wildman–Crippen LogP) is 1.91. The highest BCUT2D eigenvalue weighted by molar-refractivity contribution is 5.36. The number of aliphatic hydroxyl groups is 1. The Morgan fingerprint density at radius 3 is 2.78 bits per heavy atom. The zero-order chi connectivity index (χ0) is 12.8. The molecule has 3 heteroatoms. The fourth-order valence-corrected chi connectivity index (χ4v) is 2.41. The highest BCUT2D eigenvalue weighted by Gasteiger charge is 2.14. The van der Waals surface area contributed by atoms with E-state index in [1.165, 1.54) is 18.4 Å². The van der Waals surface area contributed by atoms with E-state index in [1.54, 1.807) is 0 Å². The van der Waals surface area contributed by atoms with E-state index >= 15 is 0 Å². The Balaban J connectivity index is 1.88. The second-order valence-corrected chi connectivity index (χ2v) is 5.08. The van der Waals surface area contributed by atoms with E-state index in [2.05, 4.69) is 18.3 Å². The van der Waals surface area contributed by atoms with Crippen LogP contribution in [0.15, 0.2) is 18.2 Å². The van der Waals surface area contributed by atoms with Crippen LogP contribution in [0.3, 0.4) is 0 Å². The third-order valence-electron chi connectivity index (χ3n) is 3.57. The van der Waals surface area contributed by atoms with Crippen LogP contribution in [0.4, 0.5) is 0 Å². The number of benzene rings is 1. The van der Waals surface area contributed by atoms with Gasteiger partial charge < -0.3 is 15.2 Å². The fraction of sp³-hybridized carbons (Fsp3) is 0.600. The van der Waals surface area contributed by atoms with Crippen LogP contribution < -0.4 is 10.1 Å². The number of hydrogen-bond acceptors (Lipinski definition) is 3. The molecule has 0 bridgehead atoms. The summed E-state index contributed by atoms with van der Waals surface area (Å²) in [4.78, 5) is 0. The van der Waals surface area contributed by atoms with Gasteiger partial charge in [-0.2, -0.15) is 0 Å². The molecule has 1 heterocycles. The number of piperidine rings is 1. The van der Waals surface area contributed by atoms with Crippen molar-refractivity contribution < 1.29 is 9.84 Å². The van der Waals surface area contributed by atoms with Gasteiger partial charge in [0.05, 0.1) is 6.61 Å². The van der Waals surface area contributed by atoms with Crippen molar-refractivity contribution in [3.63, 3.8) is 0 Å². The normalized spacial score (nSPS) is 16.8. The predicted molar refractivity (Wildman–Crippen MR) is 73.1 cm³/mol. The van der Waals surface area contributed by atoms with E-state index in [9.17, 15) is 0 Å². The standard InChI is InChI=1S/C15H23NO2/c1-12-10-13(6-9-17)2-3-15(12)18-11-14-4-7-16-8-5-14/h2-3,10,14,16-17H,4-9,11H2,1H3. The van der Waals surface area contributed by atoms with E-state index in [0.717, 1.165) is 37.4 Å². The van der Waals surface area contributed by atoms with Gasteiger partial charge in [-0.1, -0.05) is 12.1 Å². The van der Waals surface area contributed by atoms with E-state index in [4.69, 9.17) is 9.84 Å². The minimum absolute atomic E-state index is 0.203. The minimum atomic E-state index is 0.203. The molecule has 1 saturated heterocycles. The van der Waals surface area contributed by atoms with Gasteiger partial charge in [-0.05, 0) is 62.4 Å². The van der Waals surface area contributed by atoms with Crippen molar-refractivity contribution in [1.29, 1.82) is 0 Å². The summed E-state index contributed by atoms with van der Waals surface area (Å²) in [5, 5.41) is 12.3. The number of aliphatic hydroxyl groups excluding tert-OH is 1. The number of nitrogens with one attached hydrogen (secondary N) is 1. The van der Waals surface area contributed by atoms with Crippen molar-refractivity contribution in [2.75, 3.05) is 26.3 Å². The van der Waals surface area contributed by atoms with Gasteiger partial charge in [-0.15, -0.1) is 0 Å². The van der Waals surface area contributed by atoms with Gasteiger partial charge in [0.2, 0.25) is 0 Å². The molecule has 2 N–H and O–H groups in total. The quantitative estimate of drug-likeness (QED) is 0.837. The molecule has 1 aromatic carbocycles. The number of aryl methyl sites for hydroxylation is 1. The molecule has 0 radical (unpaired) electrons. The van der Waals surface area contributed by atoms with E-state index in [0.29, 0.717) is 5.92 Å². The molecule has 0 unspecified atom stereocenters. The van der Waals surface area contributed by atoms with Gasteiger partial charge in [-0.25, -0.2) is 0 Å². The summed E-state index contributed by atoms with van der Waals surface area (Å²) in [6.45, 7) is 5.32. The first-order chi connectivity index (χ1) is 8.79. The van der Waals surface area contributed by atoms with E-state index < -0.39 is 0 Å². The molecule has 18 heavy (non-hydrogen) atoms. The van der Waals surface area contributed by atoms with Crippen LogP contribution in [-0.4, -0.2) is 31.4 Å². The molecule has 0 atom stereocenters. The van der Waals surface area contributed by atoms with Crippen LogP contribution in [0.5, 0.6) is 5.75 Å². The van der Waals surface area contributed by atoms with Crippen molar-refractivity contribution >= 4 is 0 Å². The van der Waals surface area contributed by atoms with Crippen molar-refractivity contribution in [2.45, 2.75) is 26.2 Å². The maximum Gasteiger partial charge on any atom is 0.122 e. The first kappa shape index (κ1) is 13.4. The largest absolute Gasteiger partial charge is 0.493 e. The molecule has 1 aliphatic rings. The molecule has 0 amide bonds.